The highest BCUT2D eigenvalue weighted by Gasteiger charge is 2.84. The average Bonchev–Trinajstić information content (AvgIpc) is 3.54. The maximum absolute atomic E-state index is 15.4. The number of hydrogen-bond acceptors (Lipinski definition) is 6. The van der Waals surface area contributed by atoms with Crippen molar-refractivity contribution in [2.45, 2.75) is 41.1 Å². The molecule has 0 spiro atoms. The molecule has 1 fully saturated rings. The molecule has 2 aliphatic carbocycles. The van der Waals surface area contributed by atoms with Gasteiger partial charge in [-0.05, 0) is 85.7 Å². The zero-order valence-electron chi connectivity index (χ0n) is 23.2. The molecule has 2 aliphatic heterocycles. The lowest BCUT2D eigenvalue weighted by atomic mass is 9.71. The molecule has 236 valence electrons. The highest BCUT2D eigenvalue weighted by molar-refractivity contribution is 8.09. The van der Waals surface area contributed by atoms with E-state index in [4.69, 9.17) is 32.7 Å². The quantitative estimate of drug-likeness (QED) is 0.221. The van der Waals surface area contributed by atoms with Crippen molar-refractivity contribution in [1.29, 1.82) is 0 Å². The van der Waals surface area contributed by atoms with Crippen molar-refractivity contribution in [2.24, 2.45) is 0 Å². The van der Waals surface area contributed by atoms with Crippen LogP contribution in [0.1, 0.15) is 34.6 Å². The van der Waals surface area contributed by atoms with E-state index >= 15 is 17.6 Å². The van der Waals surface area contributed by atoms with E-state index in [-0.39, 0.29) is 20.9 Å². The van der Waals surface area contributed by atoms with E-state index in [0.717, 1.165) is 35.7 Å². The van der Waals surface area contributed by atoms with E-state index in [9.17, 15) is 18.4 Å². The highest BCUT2D eigenvalue weighted by Crippen LogP contribution is 2.74. The van der Waals surface area contributed by atoms with Gasteiger partial charge in [-0.25, -0.2) is 9.59 Å². The summed E-state index contributed by atoms with van der Waals surface area (Å²) in [6.07, 6.45) is 2.25. The molecule has 2 atom stereocenters. The van der Waals surface area contributed by atoms with Crippen molar-refractivity contribution in [2.75, 3.05) is 13.2 Å². The topological polar surface area (TPSA) is 52.6 Å². The number of ether oxygens (including phenoxy) is 2. The number of halogens is 8. The minimum atomic E-state index is -5.72. The summed E-state index contributed by atoms with van der Waals surface area (Å²) in [5, 5.41) is 0.762. The summed E-state index contributed by atoms with van der Waals surface area (Å²) in [6, 6.07) is 11.5. The fourth-order valence-electron chi connectivity index (χ4n) is 5.81. The van der Waals surface area contributed by atoms with Gasteiger partial charge >= 0.3 is 29.7 Å². The Morgan fingerprint density at radius 1 is 0.644 bits per heavy atom. The first-order valence-corrected chi connectivity index (χ1v) is 15.6. The molecular formula is C31H20Cl2F6O4S2. The van der Waals surface area contributed by atoms with Crippen LogP contribution in [0.3, 0.4) is 0 Å². The lowest BCUT2D eigenvalue weighted by molar-refractivity contribution is -0.258. The van der Waals surface area contributed by atoms with Gasteiger partial charge in [-0.15, -0.1) is 23.5 Å². The molecular weight excluding hydrogens is 685 g/mol. The number of thioether (sulfide) groups is 2. The minimum Gasteiger partial charge on any atom is -0.457 e. The molecule has 4 nitrogen and oxygen atoms in total. The number of hydrogen-bond donors (Lipinski definition) is 0. The van der Waals surface area contributed by atoms with Crippen LogP contribution < -0.4 is 0 Å². The SMILES string of the molecule is C[C@]12SC(COC(=O)c3ccc(Cl)cc3)=CC1=C1C(=C3C=C(COC(=O)c4ccc(Cl)cc4)S[C@@]32C)C(F)(F)C(F)(F)C1(F)F. The largest absolute Gasteiger partial charge is 0.457 e. The van der Waals surface area contributed by atoms with Crippen LogP contribution in [-0.4, -0.2) is 52.4 Å². The van der Waals surface area contributed by atoms with Gasteiger partial charge in [0, 0.05) is 31.0 Å². The summed E-state index contributed by atoms with van der Waals surface area (Å²) < 4.78 is 99.3. The second-order valence-corrected chi connectivity index (χ2v) is 14.9. The number of alkyl halides is 6. The molecule has 0 unspecified atom stereocenters. The van der Waals surface area contributed by atoms with Gasteiger partial charge < -0.3 is 9.47 Å². The van der Waals surface area contributed by atoms with E-state index in [2.05, 4.69) is 0 Å². The highest BCUT2D eigenvalue weighted by atomic mass is 35.5. The molecule has 0 amide bonds. The second-order valence-electron chi connectivity index (χ2n) is 11.0. The number of rotatable bonds is 6. The fraction of sp³-hybridized carbons (Fsp3) is 0.290. The average molecular weight is 706 g/mol. The molecule has 2 aromatic carbocycles. The summed E-state index contributed by atoms with van der Waals surface area (Å²) in [6.45, 7) is 2.13. The predicted octanol–water partition coefficient (Wildman–Crippen LogP) is 9.31. The number of allylic oxidation sites excluding steroid dienone is 4. The van der Waals surface area contributed by atoms with Crippen molar-refractivity contribution in [3.63, 3.8) is 0 Å². The lowest BCUT2D eigenvalue weighted by Gasteiger charge is -2.47. The zero-order chi connectivity index (χ0) is 32.7. The summed E-state index contributed by atoms with van der Waals surface area (Å²) >= 11 is 13.6. The summed E-state index contributed by atoms with van der Waals surface area (Å²) in [7, 11) is 0. The molecule has 0 N–H and O–H groups in total. The number of fused-ring (bicyclic) bond motifs is 4. The third-order valence-electron chi connectivity index (χ3n) is 8.28. The maximum Gasteiger partial charge on any atom is 0.380 e. The standard InChI is InChI=1S/C31H20Cl2F6O4S2/c1-27-21(11-19(44-27)13-42-25(40)15-3-7-17(32)8-4-15)23-24(30(36,37)31(38,39)29(23,34)35)22-12-20(45-28(22,27)2)14-43-26(41)16-5-9-18(33)10-6-16/h3-12H,13-14H2,1-2H3/t27-,28-/m0/s1. The Hall–Kier alpha value is -2.80. The third kappa shape index (κ3) is 4.69. The van der Waals surface area contributed by atoms with Crippen LogP contribution in [0.25, 0.3) is 0 Å². The molecule has 0 aromatic heterocycles. The minimum absolute atomic E-state index is 0.154. The van der Waals surface area contributed by atoms with E-state index in [1.807, 2.05) is 0 Å². The number of carbonyl (C=O) groups excluding carboxylic acids is 2. The van der Waals surface area contributed by atoms with Crippen molar-refractivity contribution in [1.82, 2.24) is 0 Å². The van der Waals surface area contributed by atoms with Crippen molar-refractivity contribution in [3.8, 4) is 0 Å². The van der Waals surface area contributed by atoms with Crippen LogP contribution in [0.5, 0.6) is 0 Å². The number of carbonyl (C=O) groups is 2. The Morgan fingerprint density at radius 3 is 1.31 bits per heavy atom. The van der Waals surface area contributed by atoms with Crippen LogP contribution >= 0.6 is 46.7 Å². The summed E-state index contributed by atoms with van der Waals surface area (Å²) in [5.74, 6) is -17.7. The van der Waals surface area contributed by atoms with Gasteiger partial charge in [0.25, 0.3) is 0 Å². The van der Waals surface area contributed by atoms with E-state index in [0.29, 0.717) is 10.0 Å². The smallest absolute Gasteiger partial charge is 0.380 e. The molecule has 4 aliphatic rings. The second kappa shape index (κ2) is 10.6. The van der Waals surface area contributed by atoms with Crippen LogP contribution in [0.4, 0.5) is 26.3 Å². The molecule has 0 bridgehead atoms. The van der Waals surface area contributed by atoms with Gasteiger partial charge in [0.05, 0.1) is 20.6 Å². The predicted molar refractivity (Wildman–Crippen MR) is 161 cm³/mol. The normalized spacial score (nSPS) is 27.0. The monoisotopic (exact) mass is 704 g/mol. The van der Waals surface area contributed by atoms with Gasteiger partial charge in [-0.3, -0.25) is 0 Å². The maximum atomic E-state index is 15.4. The van der Waals surface area contributed by atoms with Crippen LogP contribution in [0.2, 0.25) is 10.0 Å². The zero-order valence-corrected chi connectivity index (χ0v) is 26.3. The molecule has 14 heteroatoms. The molecule has 2 heterocycles. The molecule has 0 saturated heterocycles. The first-order chi connectivity index (χ1) is 20.9. The Bertz CT molecular complexity index is 1640. The number of benzene rings is 2. The van der Waals surface area contributed by atoms with Gasteiger partial charge in [0.15, 0.2) is 0 Å². The summed E-state index contributed by atoms with van der Waals surface area (Å²) in [5.41, 5.74) is -3.41. The third-order valence-corrected chi connectivity index (χ3v) is 12.0. The van der Waals surface area contributed by atoms with E-state index in [1.54, 1.807) is 0 Å². The Labute approximate surface area is 271 Å². The first-order valence-electron chi connectivity index (χ1n) is 13.2. The van der Waals surface area contributed by atoms with E-state index < -0.39 is 74.7 Å². The molecule has 1 saturated carbocycles. The Balaban J connectivity index is 1.36. The van der Waals surface area contributed by atoms with Crippen LogP contribution in [-0.2, 0) is 9.47 Å². The van der Waals surface area contributed by atoms with Gasteiger partial charge in [-0.1, -0.05) is 23.2 Å². The van der Waals surface area contributed by atoms with Crippen molar-refractivity contribution < 1.29 is 45.4 Å². The van der Waals surface area contributed by atoms with Crippen molar-refractivity contribution >= 4 is 58.7 Å². The Morgan fingerprint density at radius 2 is 0.978 bits per heavy atom. The summed E-state index contributed by atoms with van der Waals surface area (Å²) in [4.78, 5) is 25.6. The fourth-order valence-corrected chi connectivity index (χ4v) is 9.10. The Kier molecular flexibility index (Phi) is 7.58. The van der Waals surface area contributed by atoms with Crippen molar-refractivity contribution in [3.05, 3.63) is 114 Å². The van der Waals surface area contributed by atoms with Gasteiger partial charge in [-0.2, -0.15) is 26.3 Å². The van der Waals surface area contributed by atoms with Crippen LogP contribution in [0.15, 0.2) is 92.8 Å². The molecule has 45 heavy (non-hydrogen) atoms. The lowest BCUT2D eigenvalue weighted by Crippen LogP contribution is -2.49. The van der Waals surface area contributed by atoms with E-state index in [1.165, 1.54) is 62.4 Å². The van der Waals surface area contributed by atoms with Gasteiger partial charge in [0.1, 0.15) is 13.2 Å². The molecule has 0 radical (unpaired) electrons. The van der Waals surface area contributed by atoms with Gasteiger partial charge in [0.2, 0.25) is 0 Å². The molecule has 2 aromatic rings. The number of esters is 2. The van der Waals surface area contributed by atoms with Crippen LogP contribution in [0, 0.1) is 0 Å². The first kappa shape index (κ1) is 32.2. The molecule has 6 rings (SSSR count).